The minimum Gasteiger partial charge on any atom is -0.494 e. The highest BCUT2D eigenvalue weighted by Gasteiger charge is 2.18. The smallest absolute Gasteiger partial charge is 0.119 e. The van der Waals surface area contributed by atoms with Crippen LogP contribution in [0.3, 0.4) is 0 Å². The van der Waals surface area contributed by atoms with Gasteiger partial charge in [-0.25, -0.2) is 0 Å². The zero-order valence-corrected chi connectivity index (χ0v) is 12.2. The van der Waals surface area contributed by atoms with E-state index in [4.69, 9.17) is 4.74 Å². The Labute approximate surface area is 116 Å². The summed E-state index contributed by atoms with van der Waals surface area (Å²) in [6.07, 6.45) is 1.18. The van der Waals surface area contributed by atoms with E-state index in [2.05, 4.69) is 13.8 Å². The van der Waals surface area contributed by atoms with Crippen molar-refractivity contribution in [2.45, 2.75) is 58.2 Å². The van der Waals surface area contributed by atoms with Crippen LogP contribution < -0.4 is 4.74 Å². The summed E-state index contributed by atoms with van der Waals surface area (Å²) in [5.41, 5.74) is 1.19. The summed E-state index contributed by atoms with van der Waals surface area (Å²) in [6.45, 7) is 6.54. The molecular weight excluding hydrogens is 240 g/mol. The zero-order chi connectivity index (χ0) is 14.3. The van der Waals surface area contributed by atoms with Gasteiger partial charge < -0.3 is 14.9 Å². The lowest BCUT2D eigenvalue weighted by molar-refractivity contribution is 0.0215. The van der Waals surface area contributed by atoms with Crippen molar-refractivity contribution in [2.24, 2.45) is 0 Å². The maximum absolute atomic E-state index is 9.79. The van der Waals surface area contributed by atoms with Crippen LogP contribution in [0.5, 0.6) is 5.75 Å². The van der Waals surface area contributed by atoms with Crippen molar-refractivity contribution in [3.05, 3.63) is 29.8 Å². The van der Waals surface area contributed by atoms with E-state index in [1.54, 1.807) is 6.92 Å². The van der Waals surface area contributed by atoms with Gasteiger partial charge in [0, 0.05) is 0 Å². The van der Waals surface area contributed by atoms with Gasteiger partial charge in [0.2, 0.25) is 0 Å². The zero-order valence-electron chi connectivity index (χ0n) is 12.2. The van der Waals surface area contributed by atoms with Gasteiger partial charge in [-0.2, -0.15) is 0 Å². The molecule has 0 heterocycles. The van der Waals surface area contributed by atoms with E-state index in [9.17, 15) is 10.2 Å². The lowest BCUT2D eigenvalue weighted by Gasteiger charge is -2.21. The minimum atomic E-state index is -0.679. The van der Waals surface area contributed by atoms with Gasteiger partial charge in [-0.1, -0.05) is 26.0 Å². The summed E-state index contributed by atoms with van der Waals surface area (Å²) >= 11 is 0. The molecular formula is C16H26O3. The van der Waals surface area contributed by atoms with Crippen LogP contribution in [0.25, 0.3) is 0 Å². The highest BCUT2D eigenvalue weighted by Crippen LogP contribution is 2.27. The van der Waals surface area contributed by atoms with Gasteiger partial charge in [-0.3, -0.25) is 0 Å². The average Bonchev–Trinajstić information content (AvgIpc) is 2.42. The molecule has 0 aliphatic rings. The number of rotatable bonds is 8. The van der Waals surface area contributed by atoms with Crippen molar-refractivity contribution < 1.29 is 14.9 Å². The van der Waals surface area contributed by atoms with E-state index in [0.29, 0.717) is 6.42 Å². The Morgan fingerprint density at radius 2 is 1.74 bits per heavy atom. The summed E-state index contributed by atoms with van der Waals surface area (Å²) in [6, 6.07) is 8.05. The van der Waals surface area contributed by atoms with Gasteiger partial charge in [0.1, 0.15) is 5.75 Å². The maximum Gasteiger partial charge on any atom is 0.119 e. The SMILES string of the molecule is CCCOc1ccc(C(CC)CC(O)C(C)O)cc1. The Morgan fingerprint density at radius 1 is 1.11 bits per heavy atom. The van der Waals surface area contributed by atoms with Crippen molar-refractivity contribution in [2.75, 3.05) is 6.61 Å². The molecule has 1 aromatic carbocycles. The molecule has 1 rings (SSSR count). The Kier molecular flexibility index (Phi) is 6.89. The Bertz CT molecular complexity index is 346. The first-order valence-electron chi connectivity index (χ1n) is 7.17. The fourth-order valence-corrected chi connectivity index (χ4v) is 2.08. The molecule has 108 valence electrons. The molecule has 19 heavy (non-hydrogen) atoms. The van der Waals surface area contributed by atoms with Crippen molar-refractivity contribution in [3.8, 4) is 5.75 Å². The molecule has 3 nitrogen and oxygen atoms in total. The molecule has 1 aromatic rings. The lowest BCUT2D eigenvalue weighted by Crippen LogP contribution is -2.24. The van der Waals surface area contributed by atoms with E-state index in [-0.39, 0.29) is 5.92 Å². The first kappa shape index (κ1) is 16.0. The quantitative estimate of drug-likeness (QED) is 0.760. The summed E-state index contributed by atoms with van der Waals surface area (Å²) in [5, 5.41) is 19.2. The van der Waals surface area contributed by atoms with Gasteiger partial charge in [-0.15, -0.1) is 0 Å². The lowest BCUT2D eigenvalue weighted by atomic mass is 9.89. The van der Waals surface area contributed by atoms with Crippen LogP contribution >= 0.6 is 0 Å². The maximum atomic E-state index is 9.79. The second-order valence-electron chi connectivity index (χ2n) is 5.07. The monoisotopic (exact) mass is 266 g/mol. The molecule has 0 amide bonds. The van der Waals surface area contributed by atoms with E-state index in [1.807, 2.05) is 24.3 Å². The predicted molar refractivity (Wildman–Crippen MR) is 77.6 cm³/mol. The number of benzene rings is 1. The molecule has 0 saturated carbocycles. The van der Waals surface area contributed by atoms with Gasteiger partial charge in [-0.05, 0) is 49.8 Å². The van der Waals surface area contributed by atoms with Crippen LogP contribution in [-0.4, -0.2) is 29.0 Å². The molecule has 0 aliphatic heterocycles. The largest absolute Gasteiger partial charge is 0.494 e. The predicted octanol–water partition coefficient (Wildman–Crippen LogP) is 3.10. The number of ether oxygens (including phenoxy) is 1. The van der Waals surface area contributed by atoms with E-state index < -0.39 is 12.2 Å². The summed E-state index contributed by atoms with van der Waals surface area (Å²) in [5.74, 6) is 1.15. The molecule has 0 radical (unpaired) electrons. The Hall–Kier alpha value is -1.06. The highest BCUT2D eigenvalue weighted by molar-refractivity contribution is 5.29. The fraction of sp³-hybridized carbons (Fsp3) is 0.625. The van der Waals surface area contributed by atoms with Gasteiger partial charge in [0.05, 0.1) is 18.8 Å². The Balaban J connectivity index is 2.65. The topological polar surface area (TPSA) is 49.7 Å². The van der Waals surface area contributed by atoms with Crippen molar-refractivity contribution in [1.29, 1.82) is 0 Å². The molecule has 2 N–H and O–H groups in total. The summed E-state index contributed by atoms with van der Waals surface area (Å²) < 4.78 is 5.55. The second kappa shape index (κ2) is 8.18. The third kappa shape index (κ3) is 5.21. The second-order valence-corrected chi connectivity index (χ2v) is 5.07. The van der Waals surface area contributed by atoms with Crippen LogP contribution in [0.2, 0.25) is 0 Å². The van der Waals surface area contributed by atoms with Gasteiger partial charge in [0.15, 0.2) is 0 Å². The molecule has 0 aliphatic carbocycles. The third-order valence-corrected chi connectivity index (χ3v) is 3.40. The standard InChI is InChI=1S/C16H26O3/c1-4-10-19-15-8-6-14(7-9-15)13(5-2)11-16(18)12(3)17/h6-9,12-13,16-18H,4-5,10-11H2,1-3H3. The van der Waals surface area contributed by atoms with E-state index >= 15 is 0 Å². The van der Waals surface area contributed by atoms with E-state index in [0.717, 1.165) is 25.2 Å². The van der Waals surface area contributed by atoms with Crippen LogP contribution in [0.4, 0.5) is 0 Å². The van der Waals surface area contributed by atoms with Crippen LogP contribution in [-0.2, 0) is 0 Å². The van der Waals surface area contributed by atoms with E-state index in [1.165, 1.54) is 5.56 Å². The molecule has 3 atom stereocenters. The molecule has 3 unspecified atom stereocenters. The number of hydrogen-bond acceptors (Lipinski definition) is 3. The van der Waals surface area contributed by atoms with Crippen LogP contribution in [0.15, 0.2) is 24.3 Å². The Morgan fingerprint density at radius 3 is 2.21 bits per heavy atom. The summed E-state index contributed by atoms with van der Waals surface area (Å²) in [7, 11) is 0. The number of aliphatic hydroxyl groups excluding tert-OH is 2. The molecule has 0 saturated heterocycles. The van der Waals surface area contributed by atoms with Gasteiger partial charge >= 0.3 is 0 Å². The van der Waals surface area contributed by atoms with Crippen molar-refractivity contribution in [1.82, 2.24) is 0 Å². The normalized spacial score (nSPS) is 15.8. The molecule has 0 aromatic heterocycles. The number of aliphatic hydroxyl groups is 2. The molecule has 0 bridgehead atoms. The third-order valence-electron chi connectivity index (χ3n) is 3.40. The van der Waals surface area contributed by atoms with Crippen molar-refractivity contribution >= 4 is 0 Å². The molecule has 3 heteroatoms. The van der Waals surface area contributed by atoms with Crippen LogP contribution in [0.1, 0.15) is 51.5 Å². The highest BCUT2D eigenvalue weighted by atomic mass is 16.5. The average molecular weight is 266 g/mol. The van der Waals surface area contributed by atoms with Crippen molar-refractivity contribution in [3.63, 3.8) is 0 Å². The molecule has 0 spiro atoms. The first-order chi connectivity index (χ1) is 9.08. The first-order valence-corrected chi connectivity index (χ1v) is 7.17. The van der Waals surface area contributed by atoms with Gasteiger partial charge in [0.25, 0.3) is 0 Å². The van der Waals surface area contributed by atoms with Crippen LogP contribution in [0, 0.1) is 0 Å². The molecule has 0 fully saturated rings. The fourth-order valence-electron chi connectivity index (χ4n) is 2.08. The number of hydrogen-bond donors (Lipinski definition) is 2. The summed E-state index contributed by atoms with van der Waals surface area (Å²) in [4.78, 5) is 0. The minimum absolute atomic E-state index is 0.268.